The van der Waals surface area contributed by atoms with Crippen molar-refractivity contribution in [3.63, 3.8) is 0 Å². The zero-order chi connectivity index (χ0) is 33.3. The molecule has 12 heteroatoms. The Morgan fingerprint density at radius 3 is 1.96 bits per heavy atom. The van der Waals surface area contributed by atoms with Gasteiger partial charge in [-0.15, -0.1) is 0 Å². The highest BCUT2D eigenvalue weighted by molar-refractivity contribution is 6.30. The zero-order valence-electron chi connectivity index (χ0n) is 25.3. The van der Waals surface area contributed by atoms with Crippen LogP contribution in [-0.2, 0) is 23.8 Å². The highest BCUT2D eigenvalue weighted by atomic mass is 35.5. The van der Waals surface area contributed by atoms with Gasteiger partial charge in [-0.3, -0.25) is 0 Å². The molecule has 3 aromatic carbocycles. The second-order valence-electron chi connectivity index (χ2n) is 11.6. The average molecular weight is 640 g/mol. The number of ether oxygens (including phenoxy) is 3. The number of hydrogen-bond donors (Lipinski definition) is 3. The fraction of sp³-hybridized carbons (Fsp3) is 0.333. The lowest BCUT2D eigenvalue weighted by Crippen LogP contribution is -2.81. The van der Waals surface area contributed by atoms with Crippen molar-refractivity contribution in [2.45, 2.75) is 63.7 Å². The Hall–Kier alpha value is -4.45. The maximum atomic E-state index is 13.6. The normalized spacial score (nSPS) is 21.2. The molecular formula is C33H34ClNO10. The molecular weight excluding hydrogens is 606 g/mol. The molecule has 0 bridgehead atoms. The average Bonchev–Trinajstić information content (AvgIpc) is 2.97. The minimum absolute atomic E-state index is 0.109. The molecule has 3 N–H and O–H groups in total. The van der Waals surface area contributed by atoms with Gasteiger partial charge in [-0.05, 0) is 77.1 Å². The molecule has 45 heavy (non-hydrogen) atoms. The van der Waals surface area contributed by atoms with E-state index in [0.29, 0.717) is 10.7 Å². The summed E-state index contributed by atoms with van der Waals surface area (Å²) in [6.45, 7) is 8.01. The highest BCUT2D eigenvalue weighted by Crippen LogP contribution is 2.46. The molecule has 4 atom stereocenters. The molecule has 1 heterocycles. The summed E-state index contributed by atoms with van der Waals surface area (Å²) in [5.74, 6) is -9.82. The fourth-order valence-corrected chi connectivity index (χ4v) is 5.67. The molecule has 0 aromatic heterocycles. The van der Waals surface area contributed by atoms with E-state index < -0.39 is 53.0 Å². The lowest BCUT2D eigenvalue weighted by molar-refractivity contribution is -0.333. The Balaban J connectivity index is 1.94. The van der Waals surface area contributed by atoms with Crippen LogP contribution in [0.1, 0.15) is 52.6 Å². The number of morpholine rings is 1. The Bertz CT molecular complexity index is 1610. The number of carboxylic acids is 2. The second-order valence-corrected chi connectivity index (χ2v) is 12.0. The van der Waals surface area contributed by atoms with E-state index in [-0.39, 0.29) is 17.7 Å². The summed E-state index contributed by atoms with van der Waals surface area (Å²) >= 11 is 6.26. The number of benzene rings is 3. The first-order chi connectivity index (χ1) is 21.0. The summed E-state index contributed by atoms with van der Waals surface area (Å²) < 4.78 is 16.8. The van der Waals surface area contributed by atoms with E-state index >= 15 is 0 Å². The fourth-order valence-electron chi connectivity index (χ4n) is 5.48. The van der Waals surface area contributed by atoms with Crippen LogP contribution in [-0.4, -0.2) is 74.9 Å². The largest absolute Gasteiger partial charge is 0.478 e. The van der Waals surface area contributed by atoms with Crippen LogP contribution < -0.4 is 4.90 Å². The predicted molar refractivity (Wildman–Crippen MR) is 163 cm³/mol. The summed E-state index contributed by atoms with van der Waals surface area (Å²) in [6, 6.07) is 16.7. The van der Waals surface area contributed by atoms with Gasteiger partial charge in [0.15, 0.2) is 0 Å². The second kappa shape index (κ2) is 12.5. The van der Waals surface area contributed by atoms with Crippen molar-refractivity contribution in [3.05, 3.63) is 100 Å². The number of aryl methyl sites for hydroxylation is 2. The van der Waals surface area contributed by atoms with Gasteiger partial charge in [0.1, 0.15) is 0 Å². The first-order valence-electron chi connectivity index (χ1n) is 14.0. The van der Waals surface area contributed by atoms with Crippen molar-refractivity contribution >= 4 is 41.2 Å². The van der Waals surface area contributed by atoms with Crippen LogP contribution in [0.25, 0.3) is 0 Å². The van der Waals surface area contributed by atoms with Gasteiger partial charge in [0.25, 0.3) is 6.10 Å². The van der Waals surface area contributed by atoms with Gasteiger partial charge < -0.3 is 34.4 Å². The SMILES string of the molecule is Cc1ccc(C(=O)OC(C(=O)O)C(OC(=O)c2ccc(C)cc2)(C(=O)O)C2(O)OCC(C)(C)N(c3cccc(Cl)c3)C2C)cc1. The van der Waals surface area contributed by atoms with E-state index in [4.69, 9.17) is 25.8 Å². The van der Waals surface area contributed by atoms with E-state index in [0.717, 1.165) is 11.1 Å². The molecule has 0 spiro atoms. The van der Waals surface area contributed by atoms with Crippen LogP contribution in [0.5, 0.6) is 0 Å². The third kappa shape index (κ3) is 6.24. The molecule has 4 unspecified atom stereocenters. The van der Waals surface area contributed by atoms with E-state index in [1.165, 1.54) is 31.2 Å². The van der Waals surface area contributed by atoms with Crippen molar-refractivity contribution in [1.29, 1.82) is 0 Å². The third-order valence-corrected chi connectivity index (χ3v) is 8.07. The Morgan fingerprint density at radius 2 is 1.47 bits per heavy atom. The molecule has 238 valence electrons. The Morgan fingerprint density at radius 1 is 0.933 bits per heavy atom. The van der Waals surface area contributed by atoms with Crippen molar-refractivity contribution in [3.8, 4) is 0 Å². The van der Waals surface area contributed by atoms with Crippen molar-refractivity contribution < 1.29 is 48.7 Å². The van der Waals surface area contributed by atoms with Gasteiger partial charge in [0.2, 0.25) is 5.79 Å². The van der Waals surface area contributed by atoms with Crippen LogP contribution in [0, 0.1) is 13.8 Å². The number of esters is 2. The quantitative estimate of drug-likeness (QED) is 0.280. The minimum Gasteiger partial charge on any atom is -0.478 e. The van der Waals surface area contributed by atoms with E-state index in [1.807, 2.05) is 0 Å². The van der Waals surface area contributed by atoms with Gasteiger partial charge in [0.05, 0.1) is 29.3 Å². The minimum atomic E-state index is -3.55. The van der Waals surface area contributed by atoms with Crippen molar-refractivity contribution in [2.24, 2.45) is 0 Å². The summed E-state index contributed by atoms with van der Waals surface area (Å²) in [4.78, 5) is 54.8. The summed E-state index contributed by atoms with van der Waals surface area (Å²) in [6.07, 6.45) is -2.80. The van der Waals surface area contributed by atoms with Crippen LogP contribution >= 0.6 is 11.6 Å². The number of aliphatic hydroxyl groups is 1. The van der Waals surface area contributed by atoms with Gasteiger partial charge >= 0.3 is 29.5 Å². The predicted octanol–water partition coefficient (Wildman–Crippen LogP) is 4.64. The highest BCUT2D eigenvalue weighted by Gasteiger charge is 2.74. The number of anilines is 1. The number of carbonyl (C=O) groups is 4. The Kier molecular flexibility index (Phi) is 9.30. The first kappa shape index (κ1) is 33.4. The lowest BCUT2D eigenvalue weighted by atomic mass is 9.78. The zero-order valence-corrected chi connectivity index (χ0v) is 26.1. The van der Waals surface area contributed by atoms with Crippen molar-refractivity contribution in [1.82, 2.24) is 0 Å². The molecule has 1 saturated heterocycles. The molecule has 4 rings (SSSR count). The molecule has 0 amide bonds. The standard InChI is InChI=1S/C33H34ClNO10/c1-19-9-13-22(14-10-19)28(38)44-26(27(36)37)32(30(40)41,45-29(39)23-15-11-20(2)12-16-23)33(42)21(3)35(31(4,5)18-43-33)25-8-6-7-24(34)17-25/h6-17,21,26,42H,18H2,1-5H3,(H,36,37)(H,40,41). The third-order valence-electron chi connectivity index (χ3n) is 7.83. The summed E-state index contributed by atoms with van der Waals surface area (Å²) in [5.41, 5.74) is -2.76. The first-order valence-corrected chi connectivity index (χ1v) is 14.4. The van der Waals surface area contributed by atoms with Gasteiger partial charge in [-0.25, -0.2) is 19.2 Å². The summed E-state index contributed by atoms with van der Waals surface area (Å²) in [7, 11) is 0. The van der Waals surface area contributed by atoms with Crippen LogP contribution in [0.4, 0.5) is 5.69 Å². The molecule has 1 aliphatic heterocycles. The summed E-state index contributed by atoms with van der Waals surface area (Å²) in [5, 5.41) is 34.1. The molecule has 3 aromatic rings. The van der Waals surface area contributed by atoms with Crippen molar-refractivity contribution in [2.75, 3.05) is 11.5 Å². The Labute approximate surface area is 264 Å². The number of halogens is 1. The van der Waals surface area contributed by atoms with E-state index in [9.17, 15) is 34.5 Å². The number of nitrogens with zero attached hydrogens (tertiary/aromatic N) is 1. The number of carboxylic acid groups (broad SMARTS) is 2. The van der Waals surface area contributed by atoms with Crippen LogP contribution in [0.2, 0.25) is 5.02 Å². The van der Waals surface area contributed by atoms with Crippen LogP contribution in [0.15, 0.2) is 72.8 Å². The number of hydrogen-bond acceptors (Lipinski definition) is 9. The van der Waals surface area contributed by atoms with E-state index in [1.54, 1.807) is 81.1 Å². The molecule has 0 saturated carbocycles. The smallest absolute Gasteiger partial charge is 0.358 e. The molecule has 1 aliphatic rings. The van der Waals surface area contributed by atoms with Gasteiger partial charge in [-0.2, -0.15) is 0 Å². The molecule has 0 aliphatic carbocycles. The topological polar surface area (TPSA) is 160 Å². The number of aliphatic carboxylic acids is 2. The maximum absolute atomic E-state index is 13.6. The number of rotatable bonds is 9. The van der Waals surface area contributed by atoms with Crippen LogP contribution in [0.3, 0.4) is 0 Å². The van der Waals surface area contributed by atoms with Gasteiger partial charge in [0, 0.05) is 10.7 Å². The molecule has 1 fully saturated rings. The number of carbonyl (C=O) groups excluding carboxylic acids is 2. The molecule has 11 nitrogen and oxygen atoms in total. The maximum Gasteiger partial charge on any atom is 0.358 e. The van der Waals surface area contributed by atoms with Gasteiger partial charge in [-0.1, -0.05) is 53.1 Å². The molecule has 0 radical (unpaired) electrons. The monoisotopic (exact) mass is 639 g/mol. The lowest BCUT2D eigenvalue weighted by Gasteiger charge is -2.58. The van der Waals surface area contributed by atoms with E-state index in [2.05, 4.69) is 0 Å².